The fourth-order valence-corrected chi connectivity index (χ4v) is 4.28. The standard InChI is InChI=1S/C25H29ClN2O4/c1-5-27(6-2)13-14-28-22(17-7-10-19(26)11-8-17)21(24(30)25(28)31)23(29)18-9-12-20(32-4)16(3)15-18/h7-12,15,22,29H,5-6,13-14H2,1-4H3/b23-21+. The van der Waals surface area contributed by atoms with Gasteiger partial charge in [-0.05, 0) is 61.7 Å². The van der Waals surface area contributed by atoms with Crippen LogP contribution in [-0.4, -0.2) is 49.9 Å². The molecule has 1 heterocycles. The number of benzene rings is 2. The number of carbonyl (C=O) groups excluding carboxylic acids is 2. The summed E-state index contributed by atoms with van der Waals surface area (Å²) < 4.78 is 5.28. The van der Waals surface area contributed by atoms with Crippen molar-refractivity contribution in [2.75, 3.05) is 33.3 Å². The highest BCUT2D eigenvalue weighted by molar-refractivity contribution is 6.46. The van der Waals surface area contributed by atoms with Crippen LogP contribution in [0.5, 0.6) is 5.75 Å². The van der Waals surface area contributed by atoms with Gasteiger partial charge >= 0.3 is 0 Å². The van der Waals surface area contributed by atoms with Gasteiger partial charge in [0.15, 0.2) is 0 Å². The zero-order chi connectivity index (χ0) is 23.4. The Morgan fingerprint density at radius 1 is 1.12 bits per heavy atom. The predicted octanol–water partition coefficient (Wildman–Crippen LogP) is 1.81. The number of ether oxygens (including phenoxy) is 1. The van der Waals surface area contributed by atoms with Gasteiger partial charge in [-0.3, -0.25) is 9.59 Å². The number of amides is 1. The minimum Gasteiger partial charge on any atom is -0.872 e. The van der Waals surface area contributed by atoms with Crippen molar-refractivity contribution in [1.82, 2.24) is 4.90 Å². The first-order chi connectivity index (χ1) is 15.3. The Morgan fingerprint density at radius 2 is 1.78 bits per heavy atom. The predicted molar refractivity (Wildman–Crippen MR) is 122 cm³/mol. The third-order valence-corrected chi connectivity index (χ3v) is 6.33. The summed E-state index contributed by atoms with van der Waals surface area (Å²) in [6, 6.07) is 11.2. The molecule has 1 atom stereocenters. The molecule has 1 amide bonds. The molecule has 0 radical (unpaired) electrons. The van der Waals surface area contributed by atoms with E-state index in [0.29, 0.717) is 35.0 Å². The third-order valence-electron chi connectivity index (χ3n) is 6.08. The van der Waals surface area contributed by atoms with Crippen LogP contribution >= 0.6 is 11.6 Å². The number of ketones is 1. The van der Waals surface area contributed by atoms with E-state index >= 15 is 0 Å². The number of aryl methyl sites for hydroxylation is 1. The van der Waals surface area contributed by atoms with Crippen LogP contribution in [0.1, 0.15) is 36.6 Å². The number of nitrogens with one attached hydrogen (secondary N) is 1. The first-order valence-electron chi connectivity index (χ1n) is 10.8. The van der Waals surface area contributed by atoms with Crippen molar-refractivity contribution in [3.05, 3.63) is 69.8 Å². The number of hydrogen-bond donors (Lipinski definition) is 1. The van der Waals surface area contributed by atoms with E-state index in [1.807, 2.05) is 6.92 Å². The fourth-order valence-electron chi connectivity index (χ4n) is 4.15. The normalized spacial score (nSPS) is 17.9. The second-order valence-electron chi connectivity index (χ2n) is 7.92. The van der Waals surface area contributed by atoms with E-state index in [1.54, 1.807) is 49.6 Å². The first-order valence-corrected chi connectivity index (χ1v) is 11.2. The van der Waals surface area contributed by atoms with Crippen LogP contribution in [0, 0.1) is 6.92 Å². The summed E-state index contributed by atoms with van der Waals surface area (Å²) in [6.07, 6.45) is 0. The molecule has 6 nitrogen and oxygen atoms in total. The molecule has 1 fully saturated rings. The second kappa shape index (κ2) is 10.2. The van der Waals surface area contributed by atoms with Crippen molar-refractivity contribution in [2.24, 2.45) is 0 Å². The molecule has 32 heavy (non-hydrogen) atoms. The molecule has 0 spiro atoms. The molecule has 1 unspecified atom stereocenters. The quantitative estimate of drug-likeness (QED) is 0.373. The van der Waals surface area contributed by atoms with Gasteiger partial charge in [0.05, 0.1) is 39.3 Å². The zero-order valence-corrected chi connectivity index (χ0v) is 19.7. The van der Waals surface area contributed by atoms with E-state index < -0.39 is 23.5 Å². The van der Waals surface area contributed by atoms with Crippen molar-refractivity contribution >= 4 is 29.1 Å². The van der Waals surface area contributed by atoms with E-state index in [2.05, 4.69) is 13.8 Å². The van der Waals surface area contributed by atoms with Crippen LogP contribution in [0.25, 0.3) is 5.76 Å². The van der Waals surface area contributed by atoms with E-state index in [0.717, 1.165) is 18.7 Å². The largest absolute Gasteiger partial charge is 0.872 e. The van der Waals surface area contributed by atoms with Crippen molar-refractivity contribution in [2.45, 2.75) is 26.8 Å². The van der Waals surface area contributed by atoms with Gasteiger partial charge in [-0.1, -0.05) is 35.6 Å². The highest BCUT2D eigenvalue weighted by Gasteiger charge is 2.44. The lowest BCUT2D eigenvalue weighted by Crippen LogP contribution is -3.12. The first kappa shape index (κ1) is 23.8. The number of Topliss-reactive ketones (excluding diaryl/α,β-unsaturated/α-hetero) is 1. The Balaban J connectivity index is 2.10. The van der Waals surface area contributed by atoms with Gasteiger partial charge < -0.3 is 19.6 Å². The van der Waals surface area contributed by atoms with Gasteiger partial charge in [0.1, 0.15) is 5.75 Å². The lowest BCUT2D eigenvalue weighted by atomic mass is 9.95. The van der Waals surface area contributed by atoms with Gasteiger partial charge in [-0.2, -0.15) is 0 Å². The molecule has 0 bridgehead atoms. The SMILES string of the molecule is CC[NH+](CC)CCN1C(=O)C(=O)/C(=C(/[O-])c2ccc(OC)c(C)c2)C1c1ccc(Cl)cc1. The number of rotatable bonds is 8. The lowest BCUT2D eigenvalue weighted by molar-refractivity contribution is -0.895. The molecular formula is C25H29ClN2O4. The van der Waals surface area contributed by atoms with Gasteiger partial charge in [0, 0.05) is 10.6 Å². The molecule has 1 aliphatic heterocycles. The highest BCUT2D eigenvalue weighted by Crippen LogP contribution is 2.39. The van der Waals surface area contributed by atoms with Crippen LogP contribution in [-0.2, 0) is 9.59 Å². The van der Waals surface area contributed by atoms with Crippen molar-refractivity contribution < 1.29 is 24.3 Å². The van der Waals surface area contributed by atoms with Crippen LogP contribution in [0.3, 0.4) is 0 Å². The minimum absolute atomic E-state index is 0.0172. The third kappa shape index (κ3) is 4.66. The molecule has 0 saturated carbocycles. The van der Waals surface area contributed by atoms with Crippen molar-refractivity contribution in [3.8, 4) is 5.75 Å². The minimum atomic E-state index is -0.739. The maximum absolute atomic E-state index is 13.5. The van der Waals surface area contributed by atoms with E-state index in [9.17, 15) is 14.7 Å². The molecule has 1 aliphatic rings. The Labute approximate surface area is 194 Å². The van der Waals surface area contributed by atoms with Gasteiger partial charge in [-0.15, -0.1) is 0 Å². The summed E-state index contributed by atoms with van der Waals surface area (Å²) in [7, 11) is 1.56. The average Bonchev–Trinajstić information content (AvgIpc) is 3.04. The Bertz CT molecular complexity index is 1030. The maximum atomic E-state index is 13.5. The monoisotopic (exact) mass is 456 g/mol. The van der Waals surface area contributed by atoms with Gasteiger partial charge in [0.2, 0.25) is 5.78 Å². The molecule has 2 aromatic rings. The fraction of sp³-hybridized carbons (Fsp3) is 0.360. The summed E-state index contributed by atoms with van der Waals surface area (Å²) in [5.41, 5.74) is 1.81. The van der Waals surface area contributed by atoms with Crippen LogP contribution in [0.4, 0.5) is 0 Å². The summed E-state index contributed by atoms with van der Waals surface area (Å²) in [6.45, 7) is 8.90. The van der Waals surface area contributed by atoms with Gasteiger partial charge in [-0.25, -0.2) is 0 Å². The maximum Gasteiger partial charge on any atom is 0.295 e. The molecular weight excluding hydrogens is 428 g/mol. The Hall–Kier alpha value is -2.83. The number of likely N-dealkylation sites (N-methyl/N-ethyl adjacent to an activating group) is 1. The molecule has 0 aliphatic carbocycles. The van der Waals surface area contributed by atoms with E-state index in [-0.39, 0.29) is 5.57 Å². The smallest absolute Gasteiger partial charge is 0.295 e. The molecule has 3 rings (SSSR count). The number of halogens is 1. The molecule has 170 valence electrons. The zero-order valence-electron chi connectivity index (χ0n) is 18.9. The summed E-state index contributed by atoms with van der Waals surface area (Å²) in [5, 5.41) is 14.0. The number of carbonyl (C=O) groups is 2. The average molecular weight is 457 g/mol. The van der Waals surface area contributed by atoms with E-state index in [4.69, 9.17) is 16.3 Å². The van der Waals surface area contributed by atoms with Crippen LogP contribution < -0.4 is 14.7 Å². The summed E-state index contributed by atoms with van der Waals surface area (Å²) in [4.78, 5) is 28.9. The molecule has 2 aromatic carbocycles. The Morgan fingerprint density at radius 3 is 2.34 bits per heavy atom. The van der Waals surface area contributed by atoms with Crippen LogP contribution in [0.2, 0.25) is 5.02 Å². The second-order valence-corrected chi connectivity index (χ2v) is 8.35. The number of hydrogen-bond acceptors (Lipinski definition) is 4. The van der Waals surface area contributed by atoms with E-state index in [1.165, 1.54) is 9.80 Å². The number of methoxy groups -OCH3 is 1. The Kier molecular flexibility index (Phi) is 7.59. The van der Waals surface area contributed by atoms with Crippen molar-refractivity contribution in [3.63, 3.8) is 0 Å². The molecule has 1 saturated heterocycles. The summed E-state index contributed by atoms with van der Waals surface area (Å²) >= 11 is 6.06. The van der Waals surface area contributed by atoms with Crippen molar-refractivity contribution in [1.29, 1.82) is 0 Å². The topological polar surface area (TPSA) is 74.1 Å². The lowest BCUT2D eigenvalue weighted by Gasteiger charge is -2.28. The van der Waals surface area contributed by atoms with Gasteiger partial charge in [0.25, 0.3) is 5.91 Å². The van der Waals surface area contributed by atoms with Crippen LogP contribution in [0.15, 0.2) is 48.0 Å². The highest BCUT2D eigenvalue weighted by atomic mass is 35.5. The number of nitrogens with zero attached hydrogens (tertiary/aromatic N) is 1. The molecule has 1 N–H and O–H groups in total. The number of likely N-dealkylation sites (tertiary alicyclic amines) is 1. The molecule has 7 heteroatoms. The summed E-state index contributed by atoms with van der Waals surface area (Å²) in [5.74, 6) is -1.16. The molecule has 0 aromatic heterocycles. The number of quaternary nitrogens is 1.